The summed E-state index contributed by atoms with van der Waals surface area (Å²) in [5.41, 5.74) is 0.631. The lowest BCUT2D eigenvalue weighted by Gasteiger charge is -2.54. The number of thiocarbonyl (C=S) groups is 1. The normalized spacial score (nSPS) is 25.2. The summed E-state index contributed by atoms with van der Waals surface area (Å²) in [6.07, 6.45) is 2.62. The van der Waals surface area contributed by atoms with Gasteiger partial charge in [0, 0.05) is 30.8 Å². The van der Waals surface area contributed by atoms with E-state index >= 15 is 0 Å². The molecule has 3 aliphatic rings. The molecule has 3 heterocycles. The summed E-state index contributed by atoms with van der Waals surface area (Å²) < 4.78 is 0. The maximum absolute atomic E-state index is 14.0. The number of anilines is 2. The van der Waals surface area contributed by atoms with Crippen molar-refractivity contribution >= 4 is 46.2 Å². The van der Waals surface area contributed by atoms with Gasteiger partial charge in [-0.2, -0.15) is 0 Å². The van der Waals surface area contributed by atoms with E-state index in [4.69, 9.17) is 12.2 Å². The van der Waals surface area contributed by atoms with Crippen molar-refractivity contribution in [2.45, 2.75) is 31.7 Å². The molecule has 1 spiro atoms. The van der Waals surface area contributed by atoms with Crippen LogP contribution in [0, 0.1) is 15.5 Å². The van der Waals surface area contributed by atoms with E-state index < -0.39 is 16.2 Å². The Balaban J connectivity index is 1.68. The molecule has 2 aromatic rings. The van der Waals surface area contributed by atoms with Crippen molar-refractivity contribution in [3.8, 4) is 0 Å². The van der Waals surface area contributed by atoms with E-state index in [0.29, 0.717) is 24.2 Å². The second kappa shape index (κ2) is 7.12. The van der Waals surface area contributed by atoms with E-state index in [0.717, 1.165) is 18.5 Å². The Morgan fingerprint density at radius 3 is 2.65 bits per heavy atom. The molecule has 8 nitrogen and oxygen atoms in total. The van der Waals surface area contributed by atoms with Crippen LogP contribution in [0.1, 0.15) is 24.8 Å². The molecule has 158 valence electrons. The largest absolute Gasteiger partial charge is 0.367 e. The van der Waals surface area contributed by atoms with Crippen molar-refractivity contribution in [3.05, 3.63) is 64.2 Å². The number of fused-ring (bicyclic) bond motifs is 4. The molecular weight excluding hydrogens is 416 g/mol. The first-order valence-corrected chi connectivity index (χ1v) is 10.6. The number of piperidine rings is 1. The molecule has 2 fully saturated rings. The van der Waals surface area contributed by atoms with Crippen LogP contribution in [-0.2, 0) is 16.0 Å². The molecule has 5 rings (SSSR count). The summed E-state index contributed by atoms with van der Waals surface area (Å²) in [5.74, 6) is -0.801. The van der Waals surface area contributed by atoms with Crippen LogP contribution in [0.4, 0.5) is 17.1 Å². The molecule has 2 aromatic carbocycles. The summed E-state index contributed by atoms with van der Waals surface area (Å²) in [6.45, 7) is 0.688. The molecule has 2 unspecified atom stereocenters. The Morgan fingerprint density at radius 2 is 1.90 bits per heavy atom. The highest BCUT2D eigenvalue weighted by molar-refractivity contribution is 7.80. The van der Waals surface area contributed by atoms with E-state index in [1.807, 2.05) is 6.07 Å². The van der Waals surface area contributed by atoms with E-state index in [-0.39, 0.29) is 29.2 Å². The Morgan fingerprint density at radius 1 is 1.13 bits per heavy atom. The fourth-order valence-electron chi connectivity index (χ4n) is 5.17. The molecule has 2 saturated heterocycles. The van der Waals surface area contributed by atoms with Crippen molar-refractivity contribution in [2.24, 2.45) is 5.41 Å². The minimum absolute atomic E-state index is 0.0523. The third-order valence-electron chi connectivity index (χ3n) is 6.55. The second-order valence-electron chi connectivity index (χ2n) is 8.16. The van der Waals surface area contributed by atoms with Crippen LogP contribution < -0.4 is 15.1 Å². The Bertz CT molecular complexity index is 1120. The second-order valence-corrected chi connectivity index (χ2v) is 8.55. The fourth-order valence-corrected chi connectivity index (χ4v) is 5.45. The van der Waals surface area contributed by atoms with Crippen molar-refractivity contribution in [2.75, 3.05) is 16.3 Å². The van der Waals surface area contributed by atoms with Gasteiger partial charge in [-0.15, -0.1) is 0 Å². The van der Waals surface area contributed by atoms with E-state index in [1.165, 1.54) is 17.0 Å². The number of non-ortho nitro benzene ring substituents is 1. The predicted molar refractivity (Wildman–Crippen MR) is 119 cm³/mol. The summed E-state index contributed by atoms with van der Waals surface area (Å²) in [7, 11) is 0. The van der Waals surface area contributed by atoms with Crippen LogP contribution in [0.25, 0.3) is 0 Å². The smallest absolute Gasteiger partial charge is 0.269 e. The molecule has 2 atom stereocenters. The highest BCUT2D eigenvalue weighted by Gasteiger charge is 2.61. The van der Waals surface area contributed by atoms with Crippen molar-refractivity contribution in [3.63, 3.8) is 0 Å². The van der Waals surface area contributed by atoms with E-state index in [2.05, 4.69) is 10.2 Å². The quantitative estimate of drug-likeness (QED) is 0.337. The zero-order valence-electron chi connectivity index (χ0n) is 16.6. The number of carbonyl (C=O) groups is 2. The standard InChI is InChI=1S/C22H20N4O4S/c27-19-22(20(28)25(21(31)23-19)15-6-2-1-3-7-15)13-14-12-16(26(29)30)9-10-17(14)24-11-5-4-8-18(22)24/h1-3,6-7,9-10,12,18H,4-5,8,11,13H2,(H,23,27,31). The van der Waals surface area contributed by atoms with Gasteiger partial charge >= 0.3 is 0 Å². The molecule has 0 bridgehead atoms. The zero-order chi connectivity index (χ0) is 21.8. The maximum atomic E-state index is 14.0. The molecule has 3 aliphatic heterocycles. The number of benzene rings is 2. The lowest BCUT2D eigenvalue weighted by Crippen LogP contribution is -2.72. The van der Waals surface area contributed by atoms with Gasteiger partial charge in [-0.3, -0.25) is 24.6 Å². The number of para-hydroxylation sites is 1. The summed E-state index contributed by atoms with van der Waals surface area (Å²) in [6, 6.07) is 13.4. The first kappa shape index (κ1) is 19.6. The summed E-state index contributed by atoms with van der Waals surface area (Å²) in [4.78, 5) is 41.9. The third kappa shape index (κ3) is 2.83. The van der Waals surface area contributed by atoms with Gasteiger partial charge < -0.3 is 10.2 Å². The molecule has 0 saturated carbocycles. The van der Waals surface area contributed by atoms with Crippen molar-refractivity contribution in [1.29, 1.82) is 0 Å². The number of nitrogens with zero attached hydrogens (tertiary/aromatic N) is 3. The molecular formula is C22H20N4O4S. The van der Waals surface area contributed by atoms with Crippen LogP contribution in [-0.4, -0.2) is 34.4 Å². The predicted octanol–water partition coefficient (Wildman–Crippen LogP) is 2.94. The minimum Gasteiger partial charge on any atom is -0.367 e. The van der Waals surface area contributed by atoms with Gasteiger partial charge in [0.2, 0.25) is 5.91 Å². The molecule has 1 N–H and O–H groups in total. The number of carbonyl (C=O) groups excluding carboxylic acids is 2. The van der Waals surface area contributed by atoms with Gasteiger partial charge in [-0.05, 0) is 55.2 Å². The number of nitro benzene ring substituents is 1. The lowest BCUT2D eigenvalue weighted by atomic mass is 9.66. The highest BCUT2D eigenvalue weighted by atomic mass is 32.1. The van der Waals surface area contributed by atoms with Crippen molar-refractivity contribution in [1.82, 2.24) is 5.32 Å². The molecule has 31 heavy (non-hydrogen) atoms. The van der Waals surface area contributed by atoms with Crippen molar-refractivity contribution < 1.29 is 14.5 Å². The number of amides is 2. The van der Waals surface area contributed by atoms with E-state index in [9.17, 15) is 19.7 Å². The molecule has 0 radical (unpaired) electrons. The molecule has 0 aliphatic carbocycles. The summed E-state index contributed by atoms with van der Waals surface area (Å²) in [5, 5.41) is 14.2. The van der Waals surface area contributed by atoms with Gasteiger partial charge in [0.25, 0.3) is 11.6 Å². The first-order chi connectivity index (χ1) is 14.9. The number of hydrogen-bond donors (Lipinski definition) is 1. The van der Waals surface area contributed by atoms with Gasteiger partial charge in [0.05, 0.1) is 16.7 Å². The van der Waals surface area contributed by atoms with Gasteiger partial charge in [0.1, 0.15) is 0 Å². The van der Waals surface area contributed by atoms with Crippen LogP contribution in [0.5, 0.6) is 0 Å². The minimum atomic E-state index is -1.40. The third-order valence-corrected chi connectivity index (χ3v) is 6.84. The van der Waals surface area contributed by atoms with E-state index in [1.54, 1.807) is 30.3 Å². The Labute approximate surface area is 184 Å². The molecule has 9 heteroatoms. The molecule has 2 amide bonds. The van der Waals surface area contributed by atoms with Crippen LogP contribution in [0.3, 0.4) is 0 Å². The number of rotatable bonds is 2. The maximum Gasteiger partial charge on any atom is 0.269 e. The first-order valence-electron chi connectivity index (χ1n) is 10.2. The average Bonchev–Trinajstić information content (AvgIpc) is 2.78. The number of nitrogens with one attached hydrogen (secondary N) is 1. The topological polar surface area (TPSA) is 95.8 Å². The van der Waals surface area contributed by atoms with Gasteiger partial charge in [-0.1, -0.05) is 18.2 Å². The Kier molecular flexibility index (Phi) is 4.51. The number of nitro groups is 1. The highest BCUT2D eigenvalue weighted by Crippen LogP contribution is 2.48. The lowest BCUT2D eigenvalue weighted by molar-refractivity contribution is -0.384. The molecule has 0 aromatic heterocycles. The van der Waals surface area contributed by atoms with Gasteiger partial charge in [0.15, 0.2) is 10.5 Å². The van der Waals surface area contributed by atoms with Crippen LogP contribution in [0.15, 0.2) is 48.5 Å². The summed E-state index contributed by atoms with van der Waals surface area (Å²) >= 11 is 5.37. The fraction of sp³-hybridized carbons (Fsp3) is 0.318. The monoisotopic (exact) mass is 436 g/mol. The zero-order valence-corrected chi connectivity index (χ0v) is 17.4. The van der Waals surface area contributed by atoms with Gasteiger partial charge in [-0.25, -0.2) is 0 Å². The van der Waals surface area contributed by atoms with Crippen LogP contribution in [0.2, 0.25) is 0 Å². The van der Waals surface area contributed by atoms with Crippen LogP contribution >= 0.6 is 12.2 Å². The Hall–Kier alpha value is -3.33. The average molecular weight is 436 g/mol. The SMILES string of the molecule is O=C1NC(=S)N(c2ccccc2)C(=O)C12Cc1cc([N+](=O)[O-])ccc1N1CCCCC12. The number of hydrogen-bond acceptors (Lipinski definition) is 6.